The Bertz CT molecular complexity index is 1250. The number of hydrogen-bond acceptors (Lipinski definition) is 4. The Balaban J connectivity index is 1.55. The van der Waals surface area contributed by atoms with Crippen LogP contribution in [0.4, 0.5) is 8.78 Å². The minimum atomic E-state index is -3.75. The third-order valence-electron chi connectivity index (χ3n) is 6.97. The van der Waals surface area contributed by atoms with Crippen molar-refractivity contribution in [1.82, 2.24) is 15.0 Å². The fourth-order valence-electron chi connectivity index (χ4n) is 4.45. The smallest absolute Gasteiger partial charge is 0.348 e. The summed E-state index contributed by atoms with van der Waals surface area (Å²) in [5, 5.41) is 2.57. The van der Waals surface area contributed by atoms with E-state index in [0.717, 1.165) is 16.9 Å². The van der Waals surface area contributed by atoms with Gasteiger partial charge in [0.2, 0.25) is 19.8 Å². The van der Waals surface area contributed by atoms with Gasteiger partial charge in [0, 0.05) is 35.1 Å². The number of halogens is 3. The maximum Gasteiger partial charge on any atom is 0.348 e. The highest BCUT2D eigenvalue weighted by atomic mass is 35.5. The lowest BCUT2D eigenvalue weighted by Gasteiger charge is -2.39. The van der Waals surface area contributed by atoms with Crippen LogP contribution < -0.4 is 5.32 Å². The lowest BCUT2D eigenvalue weighted by Crippen LogP contribution is -2.63. The summed E-state index contributed by atoms with van der Waals surface area (Å²) >= 11 is 5.77. The molecule has 4 rings (SSSR count). The van der Waals surface area contributed by atoms with Crippen molar-refractivity contribution >= 4 is 58.9 Å². The SMILES string of the molecule is BC(c1ccc2c(c1)CN([C@]1(B)CCC(=O)NC1=O)C2=O)N(B)C(=O)C(F)(F)c1ccc(Cl)cc1. The van der Waals surface area contributed by atoms with Crippen LogP contribution in [0.15, 0.2) is 42.5 Å². The van der Waals surface area contributed by atoms with Crippen molar-refractivity contribution in [3.8, 4) is 0 Å². The van der Waals surface area contributed by atoms with Gasteiger partial charge in [0.1, 0.15) is 15.7 Å². The number of amides is 4. The van der Waals surface area contributed by atoms with E-state index in [1.807, 2.05) is 0 Å². The second-order valence-electron chi connectivity index (χ2n) is 9.13. The molecular formula is C22H21B3ClF2N3O4. The van der Waals surface area contributed by atoms with Crippen LogP contribution in [0, 0.1) is 0 Å². The molecule has 1 saturated heterocycles. The molecule has 7 nitrogen and oxygen atoms in total. The van der Waals surface area contributed by atoms with E-state index in [1.165, 1.54) is 25.0 Å². The molecule has 0 spiro atoms. The molecule has 2 aromatic carbocycles. The highest BCUT2D eigenvalue weighted by Crippen LogP contribution is 2.36. The van der Waals surface area contributed by atoms with Gasteiger partial charge in [-0.2, -0.15) is 8.78 Å². The van der Waals surface area contributed by atoms with Crippen molar-refractivity contribution in [2.75, 3.05) is 0 Å². The van der Waals surface area contributed by atoms with Crippen LogP contribution in [-0.2, 0) is 26.9 Å². The molecule has 13 heteroatoms. The van der Waals surface area contributed by atoms with Crippen LogP contribution in [0.1, 0.15) is 45.8 Å². The van der Waals surface area contributed by atoms with Gasteiger partial charge >= 0.3 is 5.92 Å². The zero-order valence-electron chi connectivity index (χ0n) is 19.4. The summed E-state index contributed by atoms with van der Waals surface area (Å²) in [5.41, 5.74) is -0.0560. The summed E-state index contributed by atoms with van der Waals surface area (Å²) in [5.74, 6) is -7.10. The number of carbonyl (C=O) groups is 4. The Kier molecular flexibility index (Phi) is 6.29. The highest BCUT2D eigenvalue weighted by Gasteiger charge is 2.48. The fraction of sp³-hybridized carbons (Fsp3) is 0.273. The Morgan fingerprint density at radius 3 is 2.46 bits per heavy atom. The second-order valence-corrected chi connectivity index (χ2v) is 9.57. The van der Waals surface area contributed by atoms with Gasteiger partial charge in [0.15, 0.2) is 0 Å². The molecule has 1 unspecified atom stereocenters. The number of nitrogens with one attached hydrogen (secondary N) is 1. The molecule has 2 aromatic rings. The Morgan fingerprint density at radius 1 is 1.17 bits per heavy atom. The number of carbonyl (C=O) groups excluding carboxylic acids is 4. The van der Waals surface area contributed by atoms with Crippen LogP contribution in [-0.4, -0.2) is 62.5 Å². The first-order valence-electron chi connectivity index (χ1n) is 11.1. The molecule has 0 saturated carbocycles. The summed E-state index contributed by atoms with van der Waals surface area (Å²) < 4.78 is 29.8. The van der Waals surface area contributed by atoms with E-state index in [-0.39, 0.29) is 36.2 Å². The van der Waals surface area contributed by atoms with Gasteiger partial charge in [0.05, 0.1) is 5.44 Å². The Morgan fingerprint density at radius 2 is 1.83 bits per heavy atom. The number of alkyl halides is 2. The van der Waals surface area contributed by atoms with Gasteiger partial charge in [-0.25, -0.2) is 0 Å². The monoisotopic (exact) mass is 497 g/mol. The van der Waals surface area contributed by atoms with E-state index in [1.54, 1.807) is 33.9 Å². The molecular weight excluding hydrogens is 476 g/mol. The minimum absolute atomic E-state index is 0.124. The number of benzene rings is 2. The molecule has 1 fully saturated rings. The summed E-state index contributed by atoms with van der Waals surface area (Å²) in [6, 6.07) is 9.71. The first-order chi connectivity index (χ1) is 16.4. The summed E-state index contributed by atoms with van der Waals surface area (Å²) in [6.45, 7) is 0.130. The first kappa shape index (κ1) is 25.0. The average molecular weight is 497 g/mol. The number of hydrogen-bond donors (Lipinski definition) is 1. The molecule has 1 N–H and O–H groups in total. The molecule has 0 aromatic heterocycles. The molecule has 2 atom stereocenters. The van der Waals surface area contributed by atoms with Crippen molar-refractivity contribution in [3.63, 3.8) is 0 Å². The van der Waals surface area contributed by atoms with E-state index in [0.29, 0.717) is 16.7 Å². The van der Waals surface area contributed by atoms with E-state index in [4.69, 9.17) is 11.6 Å². The van der Waals surface area contributed by atoms with Gasteiger partial charge in [0.25, 0.3) is 11.8 Å². The van der Waals surface area contributed by atoms with Crippen LogP contribution in [0.2, 0.25) is 5.02 Å². The standard InChI is InChI=1S/C22H21B3ClF2N3O4/c23-17(31(25)20(35)22(27,28)13-2-4-14(26)5-3-13)11-1-6-15-12(9-11)10-30(18(15)33)21(24)8-7-16(32)29-19(21)34/h1-6,9,17H,7-8,10,23-25H2,(H,29,32,34)/t17?,21-/m1/s1. The van der Waals surface area contributed by atoms with Crippen molar-refractivity contribution in [1.29, 1.82) is 0 Å². The fourth-order valence-corrected chi connectivity index (χ4v) is 4.58. The van der Waals surface area contributed by atoms with E-state index >= 15 is 0 Å². The topological polar surface area (TPSA) is 86.8 Å². The number of fused-ring (bicyclic) bond motifs is 1. The third-order valence-corrected chi connectivity index (χ3v) is 7.22. The van der Waals surface area contributed by atoms with Crippen molar-refractivity contribution in [3.05, 3.63) is 69.7 Å². The number of imide groups is 1. The zero-order valence-corrected chi connectivity index (χ0v) is 20.2. The van der Waals surface area contributed by atoms with E-state index < -0.39 is 34.7 Å². The predicted molar refractivity (Wildman–Crippen MR) is 132 cm³/mol. The van der Waals surface area contributed by atoms with Gasteiger partial charge in [-0.05, 0) is 35.7 Å². The molecule has 0 aliphatic carbocycles. The molecule has 2 aliphatic rings. The molecule has 2 aliphatic heterocycles. The minimum Gasteiger partial charge on any atom is -0.389 e. The first-order valence-corrected chi connectivity index (χ1v) is 11.4. The summed E-state index contributed by atoms with van der Waals surface area (Å²) in [7, 11) is 4.53. The predicted octanol–water partition coefficient (Wildman–Crippen LogP) is -0.138. The molecule has 35 heavy (non-hydrogen) atoms. The quantitative estimate of drug-likeness (QED) is 0.461. The van der Waals surface area contributed by atoms with Gasteiger partial charge in [-0.3, -0.25) is 24.5 Å². The van der Waals surface area contributed by atoms with Gasteiger partial charge in [-0.1, -0.05) is 35.9 Å². The second kappa shape index (κ2) is 8.82. The van der Waals surface area contributed by atoms with Crippen molar-refractivity contribution in [2.45, 2.75) is 36.7 Å². The van der Waals surface area contributed by atoms with E-state index in [2.05, 4.69) is 5.32 Å². The van der Waals surface area contributed by atoms with Crippen LogP contribution in [0.5, 0.6) is 0 Å². The van der Waals surface area contributed by atoms with Crippen molar-refractivity contribution in [2.24, 2.45) is 0 Å². The normalized spacial score (nSPS) is 20.9. The number of rotatable bonds is 5. The molecule has 4 amide bonds. The maximum atomic E-state index is 14.9. The number of nitrogens with zero attached hydrogens (tertiary/aromatic N) is 2. The molecule has 2 heterocycles. The average Bonchev–Trinajstić information content (AvgIpc) is 3.16. The third kappa shape index (κ3) is 4.24. The van der Waals surface area contributed by atoms with Crippen LogP contribution in [0.3, 0.4) is 0 Å². The van der Waals surface area contributed by atoms with E-state index in [9.17, 15) is 28.0 Å². The lowest BCUT2D eigenvalue weighted by atomic mass is 9.70. The Labute approximate surface area is 208 Å². The summed E-state index contributed by atoms with van der Waals surface area (Å²) in [4.78, 5) is 52.3. The molecule has 178 valence electrons. The summed E-state index contributed by atoms with van der Waals surface area (Å²) in [6.07, 6.45) is 0.330. The lowest BCUT2D eigenvalue weighted by molar-refractivity contribution is -0.154. The van der Waals surface area contributed by atoms with Gasteiger partial charge < -0.3 is 9.71 Å². The maximum absolute atomic E-state index is 14.9. The largest absolute Gasteiger partial charge is 0.389 e. The van der Waals surface area contributed by atoms with Crippen LogP contribution in [0.25, 0.3) is 0 Å². The molecule has 0 bridgehead atoms. The molecule has 0 radical (unpaired) electrons. The van der Waals surface area contributed by atoms with Gasteiger partial charge in [-0.15, -0.1) is 0 Å². The number of piperidine rings is 1. The Hall–Kier alpha value is -3.14. The highest BCUT2D eigenvalue weighted by molar-refractivity contribution is 6.32. The van der Waals surface area contributed by atoms with Crippen molar-refractivity contribution < 1.29 is 28.0 Å². The zero-order chi connectivity index (χ0) is 25.7. The van der Waals surface area contributed by atoms with Crippen LogP contribution >= 0.6 is 11.6 Å².